The molecule has 0 aromatic heterocycles. The Morgan fingerprint density at radius 3 is 1.63 bits per heavy atom. The van der Waals surface area contributed by atoms with Gasteiger partial charge < -0.3 is 0 Å². The van der Waals surface area contributed by atoms with Crippen molar-refractivity contribution in [2.24, 2.45) is 0 Å². The Hall–Kier alpha value is 0.982. The van der Waals surface area contributed by atoms with Crippen LogP contribution in [-0.2, 0) is 0 Å². The molecule has 0 rings (SSSR count). The largest absolute Gasteiger partial charge is 0.273 e. The van der Waals surface area contributed by atoms with Crippen molar-refractivity contribution >= 4 is 36.6 Å². The van der Waals surface area contributed by atoms with E-state index in [2.05, 4.69) is 64.4 Å². The van der Waals surface area contributed by atoms with Crippen LogP contribution in [0.4, 0.5) is 0 Å². The van der Waals surface area contributed by atoms with Gasteiger partial charge in [-0.1, -0.05) is 66.1 Å². The van der Waals surface area contributed by atoms with Crippen LogP contribution in [0, 0.1) is 0 Å². The van der Waals surface area contributed by atoms with Gasteiger partial charge in [-0.3, -0.25) is 0 Å². The summed E-state index contributed by atoms with van der Waals surface area (Å²) in [5.41, 5.74) is 0.950. The molecule has 0 aromatic rings. The molecule has 0 saturated heterocycles. The summed E-state index contributed by atoms with van der Waals surface area (Å²) in [6.45, 7) is 14.7. The van der Waals surface area contributed by atoms with Crippen LogP contribution in [0.3, 0.4) is 0 Å². The monoisotopic (exact) mass is 318 g/mol. The van der Waals surface area contributed by atoms with Crippen LogP contribution in [0.25, 0.3) is 0 Å². The summed E-state index contributed by atoms with van der Waals surface area (Å²) in [5, 5.41) is 0.856. The van der Waals surface area contributed by atoms with E-state index in [0.29, 0.717) is 0 Å². The highest BCUT2D eigenvalue weighted by atomic mass is 32.2. The van der Waals surface area contributed by atoms with E-state index < -0.39 is 8.07 Å². The van der Waals surface area contributed by atoms with Crippen LogP contribution in [-0.4, -0.2) is 24.8 Å². The Labute approximate surface area is 132 Å². The predicted octanol–water partition coefficient (Wildman–Crippen LogP) is 6.59. The average molecular weight is 318 g/mol. The minimum atomic E-state index is -1.03. The molecule has 0 spiro atoms. The highest BCUT2D eigenvalue weighted by molar-refractivity contribution is 8.54. The fourth-order valence-corrected chi connectivity index (χ4v) is 10.2. The molecule has 19 heavy (non-hydrogen) atoms. The van der Waals surface area contributed by atoms with Crippen molar-refractivity contribution in [2.75, 3.05) is 11.5 Å². The average Bonchev–Trinajstić information content (AvgIpc) is 2.44. The van der Waals surface area contributed by atoms with Crippen LogP contribution in [0.2, 0.25) is 24.1 Å². The molecule has 0 N–H and O–H groups in total. The van der Waals surface area contributed by atoms with Crippen LogP contribution in [0.1, 0.15) is 60.3 Å². The lowest BCUT2D eigenvalue weighted by molar-refractivity contribution is 0.897. The Balaban J connectivity index is 4.50. The van der Waals surface area contributed by atoms with E-state index >= 15 is 0 Å². The van der Waals surface area contributed by atoms with Crippen molar-refractivity contribution in [2.45, 2.75) is 84.4 Å². The quantitative estimate of drug-likeness (QED) is 0.294. The van der Waals surface area contributed by atoms with E-state index in [1.807, 2.05) is 0 Å². The predicted molar refractivity (Wildman–Crippen MR) is 102 cm³/mol. The maximum absolute atomic E-state index is 2.63. The lowest BCUT2D eigenvalue weighted by Crippen LogP contribution is -2.39. The first-order valence-electron chi connectivity index (χ1n) is 8.28. The minimum Gasteiger partial charge on any atom is -0.195 e. The van der Waals surface area contributed by atoms with Crippen LogP contribution in [0.5, 0.6) is 0 Å². The van der Waals surface area contributed by atoms with E-state index in [4.69, 9.17) is 0 Å². The second-order valence-electron chi connectivity index (χ2n) is 5.97. The maximum Gasteiger partial charge on any atom is 0.273 e. The molecule has 0 aliphatic heterocycles. The minimum absolute atomic E-state index is 0.856. The summed E-state index contributed by atoms with van der Waals surface area (Å²) in [6, 6.07) is 2.90. The Morgan fingerprint density at radius 1 is 0.895 bits per heavy atom. The molecule has 0 aliphatic carbocycles. The summed E-state index contributed by atoms with van der Waals surface area (Å²) in [6.07, 6.45) is 5.45. The van der Waals surface area contributed by atoms with Gasteiger partial charge in [0.05, 0.1) is 0 Å². The zero-order valence-corrected chi connectivity index (χ0v) is 16.8. The van der Waals surface area contributed by atoms with Crippen LogP contribution >= 0.6 is 23.2 Å². The van der Waals surface area contributed by atoms with Gasteiger partial charge in [0.15, 0.2) is 0 Å². The molecule has 0 amide bonds. The van der Waals surface area contributed by atoms with Gasteiger partial charge >= 0.3 is 0 Å². The lowest BCUT2D eigenvalue weighted by Gasteiger charge is -2.35. The molecule has 0 saturated carbocycles. The summed E-state index contributed by atoms with van der Waals surface area (Å²) in [5.74, 6) is 2.73. The van der Waals surface area contributed by atoms with E-state index in [0.717, 1.165) is 10.7 Å². The topological polar surface area (TPSA) is 0 Å². The van der Waals surface area contributed by atoms with Gasteiger partial charge in [-0.05, 0) is 29.8 Å². The second kappa shape index (κ2) is 11.6. The fraction of sp³-hybridized carbons (Fsp3) is 1.00. The normalized spacial score (nSPS) is 13.6. The van der Waals surface area contributed by atoms with Crippen molar-refractivity contribution < 1.29 is 0 Å². The van der Waals surface area contributed by atoms with E-state index in [1.54, 1.807) is 0 Å². The molecule has 0 nitrogen and oxygen atoms in total. The first-order chi connectivity index (χ1) is 9.05. The first-order valence-corrected chi connectivity index (χ1v) is 13.4. The third kappa shape index (κ3) is 7.52. The smallest absolute Gasteiger partial charge is 0.195 e. The van der Waals surface area contributed by atoms with E-state index in [9.17, 15) is 0 Å². The van der Waals surface area contributed by atoms with Crippen molar-refractivity contribution in [3.63, 3.8) is 0 Å². The number of rotatable bonds is 12. The summed E-state index contributed by atoms with van der Waals surface area (Å²) in [4.78, 5) is 0. The molecule has 1 unspecified atom stereocenters. The standard InChI is InChI=1S/C15H35BS2Si/c1-7-11-13-17-16(18-14-12-8-2)15(5)19(6,9-3)10-4/h15H,7-14H2,1-6H3. The first kappa shape index (κ1) is 20.0. The third-order valence-corrected chi connectivity index (χ3v) is 14.3. The molecular weight excluding hydrogens is 283 g/mol. The van der Waals surface area contributed by atoms with Crippen LogP contribution < -0.4 is 0 Å². The maximum atomic E-state index is 2.63. The lowest BCUT2D eigenvalue weighted by atomic mass is 10.0. The molecular formula is C15H35BS2Si. The molecule has 4 heteroatoms. The van der Waals surface area contributed by atoms with Gasteiger partial charge in [0.25, 0.3) is 5.27 Å². The van der Waals surface area contributed by atoms with Crippen LogP contribution in [0.15, 0.2) is 0 Å². The molecule has 0 heterocycles. The van der Waals surface area contributed by atoms with Crippen molar-refractivity contribution in [3.8, 4) is 0 Å². The summed E-state index contributed by atoms with van der Waals surface area (Å²) < 4.78 is 0. The highest BCUT2D eigenvalue weighted by Gasteiger charge is 2.37. The van der Waals surface area contributed by atoms with Gasteiger partial charge in [-0.2, -0.15) is 23.2 Å². The Bertz CT molecular complexity index is 200. The zero-order valence-electron chi connectivity index (χ0n) is 14.1. The van der Waals surface area contributed by atoms with Gasteiger partial charge in [0.1, 0.15) is 0 Å². The van der Waals surface area contributed by atoms with E-state index in [1.165, 1.54) is 49.3 Å². The van der Waals surface area contributed by atoms with Crippen molar-refractivity contribution in [1.29, 1.82) is 0 Å². The third-order valence-electron chi connectivity index (χ3n) is 4.68. The molecule has 114 valence electrons. The molecule has 0 fully saturated rings. The fourth-order valence-electron chi connectivity index (χ4n) is 2.25. The summed E-state index contributed by atoms with van der Waals surface area (Å²) in [7, 11) is -1.03. The molecule has 0 bridgehead atoms. The Kier molecular flexibility index (Phi) is 12.2. The molecule has 0 aliphatic rings. The van der Waals surface area contributed by atoms with Gasteiger partial charge in [-0.15, -0.1) is 0 Å². The second-order valence-corrected chi connectivity index (χ2v) is 14.4. The zero-order chi connectivity index (χ0) is 14.7. The number of hydrogen-bond acceptors (Lipinski definition) is 2. The molecule has 0 aromatic carbocycles. The summed E-state index contributed by atoms with van der Waals surface area (Å²) >= 11 is 4.52. The van der Waals surface area contributed by atoms with Gasteiger partial charge in [-0.25, -0.2) is 0 Å². The highest BCUT2D eigenvalue weighted by Crippen LogP contribution is 2.40. The van der Waals surface area contributed by atoms with Gasteiger partial charge in [0.2, 0.25) is 0 Å². The molecule has 0 radical (unpaired) electrons. The number of hydrogen-bond donors (Lipinski definition) is 0. The van der Waals surface area contributed by atoms with Gasteiger partial charge in [0, 0.05) is 8.07 Å². The number of unbranched alkanes of at least 4 members (excludes halogenated alkanes) is 2. The van der Waals surface area contributed by atoms with Crippen molar-refractivity contribution in [1.82, 2.24) is 0 Å². The van der Waals surface area contributed by atoms with E-state index in [-0.39, 0.29) is 0 Å². The molecule has 1 atom stereocenters. The SMILES string of the molecule is CCCCSB(SCCCC)C(C)[Si](C)(CC)CC. The van der Waals surface area contributed by atoms with Crippen molar-refractivity contribution in [3.05, 3.63) is 0 Å². The Morgan fingerprint density at radius 2 is 1.32 bits per heavy atom.